The second-order valence-electron chi connectivity index (χ2n) is 6.62. The molecule has 0 aromatic heterocycles. The number of rotatable bonds is 3. The van der Waals surface area contributed by atoms with Gasteiger partial charge in [-0.3, -0.25) is 4.79 Å². The van der Waals surface area contributed by atoms with Crippen LogP contribution in [0.4, 0.5) is 0 Å². The van der Waals surface area contributed by atoms with Crippen molar-refractivity contribution in [1.29, 1.82) is 0 Å². The number of piperidine rings is 1. The van der Waals surface area contributed by atoms with Crippen LogP contribution in [-0.4, -0.2) is 42.9 Å². The van der Waals surface area contributed by atoms with Crippen molar-refractivity contribution in [2.24, 2.45) is 4.99 Å². The molecule has 0 N–H and O–H groups in total. The third kappa shape index (κ3) is 3.69. The van der Waals surface area contributed by atoms with E-state index in [0.717, 1.165) is 49.5 Å². The normalized spacial score (nSPS) is 16.8. The van der Waals surface area contributed by atoms with E-state index in [4.69, 9.17) is 4.74 Å². The van der Waals surface area contributed by atoms with Gasteiger partial charge in [0.25, 0.3) is 5.91 Å². The predicted molar refractivity (Wildman–Crippen MR) is 103 cm³/mol. The van der Waals surface area contributed by atoms with Crippen LogP contribution in [0.2, 0.25) is 0 Å². The molecule has 1 saturated heterocycles. The number of hydrogen-bond acceptors (Lipinski definition) is 3. The van der Waals surface area contributed by atoms with Gasteiger partial charge in [0.15, 0.2) is 0 Å². The van der Waals surface area contributed by atoms with Gasteiger partial charge >= 0.3 is 0 Å². The van der Waals surface area contributed by atoms with Crippen molar-refractivity contribution in [2.75, 3.05) is 26.2 Å². The van der Waals surface area contributed by atoms with Gasteiger partial charge in [0.2, 0.25) is 5.90 Å². The summed E-state index contributed by atoms with van der Waals surface area (Å²) in [6.45, 7) is 2.99. The van der Waals surface area contributed by atoms with Crippen molar-refractivity contribution in [2.45, 2.75) is 12.8 Å². The van der Waals surface area contributed by atoms with Gasteiger partial charge in [-0.05, 0) is 42.7 Å². The SMILES string of the molecule is O=C(c1ccccc1)N1CCC(=Cc2ccc(C3=NCCO3)cc2)CC1. The lowest BCUT2D eigenvalue weighted by molar-refractivity contribution is 0.0744. The van der Waals surface area contributed by atoms with E-state index in [0.29, 0.717) is 6.61 Å². The molecule has 132 valence electrons. The Labute approximate surface area is 153 Å². The zero-order valence-corrected chi connectivity index (χ0v) is 14.7. The summed E-state index contributed by atoms with van der Waals surface area (Å²) in [5, 5.41) is 0. The van der Waals surface area contributed by atoms with E-state index in [1.165, 1.54) is 11.1 Å². The van der Waals surface area contributed by atoms with Gasteiger partial charge < -0.3 is 9.64 Å². The Morgan fingerprint density at radius 2 is 1.73 bits per heavy atom. The van der Waals surface area contributed by atoms with Gasteiger partial charge in [-0.25, -0.2) is 4.99 Å². The number of benzene rings is 2. The Balaban J connectivity index is 1.37. The van der Waals surface area contributed by atoms with Crippen LogP contribution >= 0.6 is 0 Å². The minimum Gasteiger partial charge on any atom is -0.476 e. The number of carbonyl (C=O) groups is 1. The summed E-state index contributed by atoms with van der Waals surface area (Å²) >= 11 is 0. The third-order valence-electron chi connectivity index (χ3n) is 4.83. The fraction of sp³-hybridized carbons (Fsp3) is 0.273. The first-order valence-corrected chi connectivity index (χ1v) is 9.11. The molecule has 0 saturated carbocycles. The highest BCUT2D eigenvalue weighted by Crippen LogP contribution is 2.21. The van der Waals surface area contributed by atoms with Gasteiger partial charge in [0, 0.05) is 24.2 Å². The van der Waals surface area contributed by atoms with Crippen molar-refractivity contribution in [1.82, 2.24) is 4.90 Å². The molecule has 0 radical (unpaired) electrons. The maximum absolute atomic E-state index is 12.5. The molecule has 0 spiro atoms. The number of amides is 1. The summed E-state index contributed by atoms with van der Waals surface area (Å²) in [6, 6.07) is 17.9. The Morgan fingerprint density at radius 3 is 2.38 bits per heavy atom. The van der Waals surface area contributed by atoms with E-state index in [2.05, 4.69) is 35.3 Å². The summed E-state index contributed by atoms with van der Waals surface area (Å²) < 4.78 is 5.50. The monoisotopic (exact) mass is 346 g/mol. The molecule has 0 aliphatic carbocycles. The van der Waals surface area contributed by atoms with Crippen LogP contribution in [-0.2, 0) is 4.74 Å². The number of ether oxygens (including phenoxy) is 1. The van der Waals surface area contributed by atoms with Crippen LogP contribution in [0.25, 0.3) is 6.08 Å². The number of hydrogen-bond donors (Lipinski definition) is 0. The summed E-state index contributed by atoms with van der Waals surface area (Å²) in [6.07, 6.45) is 4.09. The van der Waals surface area contributed by atoms with Crippen molar-refractivity contribution in [3.05, 3.63) is 76.9 Å². The van der Waals surface area contributed by atoms with Gasteiger partial charge in [0.1, 0.15) is 6.61 Å². The van der Waals surface area contributed by atoms with Crippen LogP contribution in [0.15, 0.2) is 65.2 Å². The molecule has 2 aromatic carbocycles. The second kappa shape index (κ2) is 7.56. The summed E-state index contributed by atoms with van der Waals surface area (Å²) in [4.78, 5) is 18.8. The molecule has 4 nitrogen and oxygen atoms in total. The van der Waals surface area contributed by atoms with Gasteiger partial charge in [0.05, 0.1) is 6.54 Å². The Bertz CT molecular complexity index is 828. The largest absolute Gasteiger partial charge is 0.476 e. The summed E-state index contributed by atoms with van der Waals surface area (Å²) in [5.74, 6) is 0.878. The molecule has 4 heteroatoms. The molecule has 0 bridgehead atoms. The molecule has 4 rings (SSSR count). The van der Waals surface area contributed by atoms with Crippen molar-refractivity contribution < 1.29 is 9.53 Å². The zero-order chi connectivity index (χ0) is 17.8. The molecule has 2 heterocycles. The van der Waals surface area contributed by atoms with Gasteiger partial charge in [-0.15, -0.1) is 0 Å². The maximum atomic E-state index is 12.5. The maximum Gasteiger partial charge on any atom is 0.253 e. The molecule has 0 atom stereocenters. The lowest BCUT2D eigenvalue weighted by Gasteiger charge is -2.28. The Kier molecular flexibility index (Phi) is 4.82. The standard InChI is InChI=1S/C22H22N2O2/c25-22(20-4-2-1-3-5-20)24-13-10-18(11-14-24)16-17-6-8-19(9-7-17)21-23-12-15-26-21/h1-9,16H,10-15H2. The highest BCUT2D eigenvalue weighted by atomic mass is 16.5. The minimum absolute atomic E-state index is 0.131. The highest BCUT2D eigenvalue weighted by molar-refractivity contribution is 5.95. The lowest BCUT2D eigenvalue weighted by Crippen LogP contribution is -2.36. The molecule has 0 unspecified atom stereocenters. The second-order valence-corrected chi connectivity index (χ2v) is 6.62. The fourth-order valence-corrected chi connectivity index (χ4v) is 3.37. The average Bonchev–Trinajstić information content (AvgIpc) is 3.24. The first kappa shape index (κ1) is 16.6. The molecular weight excluding hydrogens is 324 g/mol. The van der Waals surface area contributed by atoms with E-state index in [-0.39, 0.29) is 5.91 Å². The molecular formula is C22H22N2O2. The van der Waals surface area contributed by atoms with E-state index in [9.17, 15) is 4.79 Å². The number of nitrogens with zero attached hydrogens (tertiary/aromatic N) is 2. The molecule has 2 aromatic rings. The van der Waals surface area contributed by atoms with Gasteiger partial charge in [-0.1, -0.05) is 42.0 Å². The van der Waals surface area contributed by atoms with Crippen molar-refractivity contribution in [3.63, 3.8) is 0 Å². The zero-order valence-electron chi connectivity index (χ0n) is 14.7. The molecule has 1 fully saturated rings. The molecule has 2 aliphatic heterocycles. The minimum atomic E-state index is 0.131. The number of aliphatic imine (C=N–C) groups is 1. The van der Waals surface area contributed by atoms with Crippen molar-refractivity contribution in [3.8, 4) is 0 Å². The molecule has 26 heavy (non-hydrogen) atoms. The van der Waals surface area contributed by atoms with E-state index >= 15 is 0 Å². The predicted octanol–water partition coefficient (Wildman–Crippen LogP) is 3.78. The molecule has 2 aliphatic rings. The van der Waals surface area contributed by atoms with E-state index < -0.39 is 0 Å². The van der Waals surface area contributed by atoms with Crippen LogP contribution in [0.1, 0.15) is 34.3 Å². The van der Waals surface area contributed by atoms with E-state index in [1.54, 1.807) is 0 Å². The number of carbonyl (C=O) groups excluding carboxylic acids is 1. The fourth-order valence-electron chi connectivity index (χ4n) is 3.37. The molecule has 1 amide bonds. The average molecular weight is 346 g/mol. The topological polar surface area (TPSA) is 41.9 Å². The van der Waals surface area contributed by atoms with E-state index in [1.807, 2.05) is 35.2 Å². The summed E-state index contributed by atoms with van der Waals surface area (Å²) in [5.41, 5.74) is 4.38. The number of likely N-dealkylation sites (tertiary alicyclic amines) is 1. The first-order chi connectivity index (χ1) is 12.8. The quantitative estimate of drug-likeness (QED) is 0.849. The van der Waals surface area contributed by atoms with Crippen LogP contribution in [0.5, 0.6) is 0 Å². The van der Waals surface area contributed by atoms with Gasteiger partial charge in [-0.2, -0.15) is 0 Å². The Hall–Kier alpha value is -2.88. The van der Waals surface area contributed by atoms with Crippen LogP contribution in [0, 0.1) is 0 Å². The van der Waals surface area contributed by atoms with Crippen LogP contribution < -0.4 is 0 Å². The first-order valence-electron chi connectivity index (χ1n) is 9.11. The summed E-state index contributed by atoms with van der Waals surface area (Å²) in [7, 11) is 0. The third-order valence-corrected chi connectivity index (χ3v) is 4.83. The van der Waals surface area contributed by atoms with Crippen LogP contribution in [0.3, 0.4) is 0 Å². The lowest BCUT2D eigenvalue weighted by atomic mass is 9.99. The smallest absolute Gasteiger partial charge is 0.253 e. The van der Waals surface area contributed by atoms with Crippen molar-refractivity contribution >= 4 is 17.9 Å². The highest BCUT2D eigenvalue weighted by Gasteiger charge is 2.20. The Morgan fingerprint density at radius 1 is 1.00 bits per heavy atom.